The van der Waals surface area contributed by atoms with Gasteiger partial charge >= 0.3 is 0 Å². The largest absolute Gasteiger partial charge is 0.309 e. The van der Waals surface area contributed by atoms with Gasteiger partial charge in [0.05, 0.1) is 5.02 Å². The Morgan fingerprint density at radius 2 is 2.30 bits per heavy atom. The van der Waals surface area contributed by atoms with E-state index < -0.39 is 0 Å². The van der Waals surface area contributed by atoms with Gasteiger partial charge in [0.15, 0.2) is 0 Å². The summed E-state index contributed by atoms with van der Waals surface area (Å²) in [7, 11) is 0. The topological polar surface area (TPSA) is 28.2 Å². The summed E-state index contributed by atoms with van der Waals surface area (Å²) in [4.78, 5) is 6.66. The van der Waals surface area contributed by atoms with Gasteiger partial charge in [-0.05, 0) is 31.4 Å². The van der Waals surface area contributed by atoms with Crippen LogP contribution in [-0.2, 0) is 6.54 Å². The second kappa shape index (κ2) is 6.88. The fourth-order valence-corrected chi connectivity index (χ4v) is 3.10. The second-order valence-corrected chi connectivity index (χ2v) is 6.52. The molecule has 1 aromatic rings. The van der Waals surface area contributed by atoms with Gasteiger partial charge in [-0.2, -0.15) is 0 Å². The van der Waals surface area contributed by atoms with Crippen molar-refractivity contribution in [3.8, 4) is 0 Å². The predicted molar refractivity (Wildman–Crippen MR) is 85.1 cm³/mol. The molecule has 0 amide bonds. The molecule has 20 heavy (non-hydrogen) atoms. The first-order valence-electron chi connectivity index (χ1n) is 7.65. The minimum atomic E-state index is 0.212. The fourth-order valence-electron chi connectivity index (χ4n) is 2.92. The Morgan fingerprint density at radius 3 is 2.95 bits per heavy atom. The zero-order valence-electron chi connectivity index (χ0n) is 12.8. The molecule has 0 aromatic carbocycles. The van der Waals surface area contributed by atoms with Crippen LogP contribution in [0, 0.1) is 0 Å². The first-order chi connectivity index (χ1) is 9.58. The third-order valence-corrected chi connectivity index (χ3v) is 4.81. The number of aromatic nitrogens is 1. The molecule has 1 N–H and O–H groups in total. The molecule has 1 saturated heterocycles. The molecule has 2 unspecified atom stereocenters. The number of pyridine rings is 1. The Hall–Kier alpha value is -0.640. The smallest absolute Gasteiger partial charge is 0.0634 e. The lowest BCUT2D eigenvalue weighted by atomic mass is 9.92. The number of nitrogens with zero attached hydrogens (tertiary/aromatic N) is 2. The van der Waals surface area contributed by atoms with Gasteiger partial charge < -0.3 is 5.32 Å². The third kappa shape index (κ3) is 3.72. The van der Waals surface area contributed by atoms with E-state index in [9.17, 15) is 0 Å². The lowest BCUT2D eigenvalue weighted by Crippen LogP contribution is -2.62. The summed E-state index contributed by atoms with van der Waals surface area (Å²) in [6.07, 6.45) is 7.17. The van der Waals surface area contributed by atoms with E-state index in [1.54, 1.807) is 6.20 Å². The van der Waals surface area contributed by atoms with Crippen molar-refractivity contribution >= 4 is 11.6 Å². The van der Waals surface area contributed by atoms with E-state index in [0.717, 1.165) is 31.1 Å². The van der Waals surface area contributed by atoms with Crippen molar-refractivity contribution in [2.45, 2.75) is 58.2 Å². The fraction of sp³-hybridized carbons (Fsp3) is 0.688. The van der Waals surface area contributed by atoms with Gasteiger partial charge in [-0.15, -0.1) is 0 Å². The quantitative estimate of drug-likeness (QED) is 0.901. The van der Waals surface area contributed by atoms with Crippen LogP contribution in [0.3, 0.4) is 0 Å². The maximum Gasteiger partial charge on any atom is 0.0634 e. The summed E-state index contributed by atoms with van der Waals surface area (Å²) in [5.41, 5.74) is 1.40. The molecule has 3 nitrogen and oxygen atoms in total. The van der Waals surface area contributed by atoms with Gasteiger partial charge in [-0.1, -0.05) is 31.9 Å². The maximum atomic E-state index is 6.27. The lowest BCUT2D eigenvalue weighted by Gasteiger charge is -2.46. The van der Waals surface area contributed by atoms with E-state index >= 15 is 0 Å². The summed E-state index contributed by atoms with van der Waals surface area (Å²) in [6.45, 7) is 9.89. The third-order valence-electron chi connectivity index (χ3n) is 4.47. The van der Waals surface area contributed by atoms with E-state index in [1.165, 1.54) is 18.4 Å². The highest BCUT2D eigenvalue weighted by molar-refractivity contribution is 6.31. The highest BCUT2D eigenvalue weighted by Gasteiger charge is 2.34. The Bertz CT molecular complexity index is 437. The number of hydrogen-bond donors (Lipinski definition) is 1. The van der Waals surface area contributed by atoms with E-state index in [1.807, 2.05) is 12.3 Å². The Kier molecular flexibility index (Phi) is 5.42. The molecule has 1 fully saturated rings. The molecule has 0 bridgehead atoms. The van der Waals surface area contributed by atoms with Crippen LogP contribution in [0.1, 0.15) is 45.6 Å². The summed E-state index contributed by atoms with van der Waals surface area (Å²) >= 11 is 6.27. The van der Waals surface area contributed by atoms with Crippen molar-refractivity contribution in [2.24, 2.45) is 0 Å². The number of halogens is 1. The van der Waals surface area contributed by atoms with Crippen molar-refractivity contribution in [1.29, 1.82) is 0 Å². The lowest BCUT2D eigenvalue weighted by molar-refractivity contribution is 0.0726. The van der Waals surface area contributed by atoms with Crippen molar-refractivity contribution in [2.75, 3.05) is 13.1 Å². The van der Waals surface area contributed by atoms with Gasteiger partial charge in [0.25, 0.3) is 0 Å². The van der Waals surface area contributed by atoms with Crippen molar-refractivity contribution in [1.82, 2.24) is 15.2 Å². The Balaban J connectivity index is 2.13. The summed E-state index contributed by atoms with van der Waals surface area (Å²) in [6, 6.07) is 2.64. The van der Waals surface area contributed by atoms with E-state index in [2.05, 4.69) is 36.0 Å². The van der Waals surface area contributed by atoms with Crippen LogP contribution in [0.5, 0.6) is 0 Å². The molecular weight excluding hydrogens is 270 g/mol. The van der Waals surface area contributed by atoms with Crippen LogP contribution >= 0.6 is 11.6 Å². The molecule has 1 aliphatic rings. The zero-order valence-corrected chi connectivity index (χ0v) is 13.6. The number of piperazine rings is 1. The second-order valence-electron chi connectivity index (χ2n) is 6.11. The molecule has 0 radical (unpaired) electrons. The highest BCUT2D eigenvalue weighted by Crippen LogP contribution is 2.25. The molecule has 4 heteroatoms. The van der Waals surface area contributed by atoms with Gasteiger partial charge in [0.2, 0.25) is 0 Å². The zero-order chi connectivity index (χ0) is 14.6. The molecule has 2 atom stereocenters. The van der Waals surface area contributed by atoms with E-state index in [0.29, 0.717) is 6.04 Å². The standard InChI is InChI=1S/C16H26ClN3/c1-4-6-14-9-19-16(3,5-2)12-20(14)11-13-7-8-18-10-15(13)17/h7-8,10,14,19H,4-6,9,11-12H2,1-3H3. The molecule has 1 aromatic heterocycles. The molecular formula is C16H26ClN3. The van der Waals surface area contributed by atoms with E-state index in [-0.39, 0.29) is 5.54 Å². The number of hydrogen-bond acceptors (Lipinski definition) is 3. The van der Waals surface area contributed by atoms with Gasteiger partial charge in [0, 0.05) is 43.6 Å². The number of nitrogens with one attached hydrogen (secondary N) is 1. The summed E-state index contributed by atoms with van der Waals surface area (Å²) < 4.78 is 0. The summed E-state index contributed by atoms with van der Waals surface area (Å²) in [5, 5.41) is 4.50. The SMILES string of the molecule is CCCC1CNC(C)(CC)CN1Cc1ccncc1Cl. The van der Waals surface area contributed by atoms with Crippen LogP contribution in [-0.4, -0.2) is 34.6 Å². The Morgan fingerprint density at radius 1 is 1.50 bits per heavy atom. The van der Waals surface area contributed by atoms with Crippen LogP contribution in [0.25, 0.3) is 0 Å². The highest BCUT2D eigenvalue weighted by atomic mass is 35.5. The molecule has 1 aliphatic heterocycles. The van der Waals surface area contributed by atoms with Crippen LogP contribution < -0.4 is 5.32 Å². The maximum absolute atomic E-state index is 6.27. The van der Waals surface area contributed by atoms with Gasteiger partial charge in [-0.3, -0.25) is 9.88 Å². The average molecular weight is 296 g/mol. The molecule has 0 saturated carbocycles. The average Bonchev–Trinajstić information content (AvgIpc) is 2.45. The van der Waals surface area contributed by atoms with Crippen LogP contribution in [0.15, 0.2) is 18.5 Å². The summed E-state index contributed by atoms with van der Waals surface area (Å²) in [5.74, 6) is 0. The van der Waals surface area contributed by atoms with Crippen molar-refractivity contribution in [3.63, 3.8) is 0 Å². The molecule has 0 aliphatic carbocycles. The number of rotatable bonds is 5. The monoisotopic (exact) mass is 295 g/mol. The molecule has 2 heterocycles. The van der Waals surface area contributed by atoms with Crippen molar-refractivity contribution < 1.29 is 0 Å². The normalized spacial score (nSPS) is 27.7. The minimum absolute atomic E-state index is 0.212. The van der Waals surface area contributed by atoms with Crippen LogP contribution in [0.2, 0.25) is 5.02 Å². The molecule has 2 rings (SSSR count). The van der Waals surface area contributed by atoms with Crippen molar-refractivity contribution in [3.05, 3.63) is 29.0 Å². The Labute approximate surface area is 127 Å². The van der Waals surface area contributed by atoms with Gasteiger partial charge in [0.1, 0.15) is 0 Å². The van der Waals surface area contributed by atoms with Crippen LogP contribution in [0.4, 0.5) is 0 Å². The first-order valence-corrected chi connectivity index (χ1v) is 8.03. The molecule has 0 spiro atoms. The molecule has 112 valence electrons. The predicted octanol–water partition coefficient (Wildman–Crippen LogP) is 3.48. The van der Waals surface area contributed by atoms with Gasteiger partial charge in [-0.25, -0.2) is 0 Å². The van der Waals surface area contributed by atoms with E-state index in [4.69, 9.17) is 11.6 Å². The minimum Gasteiger partial charge on any atom is -0.309 e. The first kappa shape index (κ1) is 15.7.